The third-order valence-electron chi connectivity index (χ3n) is 5.73. The number of nitrogens with zero attached hydrogens (tertiary/aromatic N) is 2. The van der Waals surface area contributed by atoms with Gasteiger partial charge in [0.15, 0.2) is 0 Å². The van der Waals surface area contributed by atoms with Gasteiger partial charge >= 0.3 is 0 Å². The number of piperidine rings is 1. The van der Waals surface area contributed by atoms with Gasteiger partial charge in [-0.15, -0.1) is 0 Å². The van der Waals surface area contributed by atoms with Crippen molar-refractivity contribution in [1.29, 1.82) is 0 Å². The Kier molecular flexibility index (Phi) is 5.13. The molecule has 2 aliphatic rings. The maximum Gasteiger partial charge on any atom is 0.227 e. The first-order chi connectivity index (χ1) is 11.9. The third kappa shape index (κ3) is 3.71. The summed E-state index contributed by atoms with van der Waals surface area (Å²) in [5, 5.41) is 0. The van der Waals surface area contributed by atoms with Crippen LogP contribution in [0.1, 0.15) is 24.5 Å². The molecule has 2 atom stereocenters. The van der Waals surface area contributed by atoms with Crippen molar-refractivity contribution in [2.24, 2.45) is 11.3 Å². The number of aryl methyl sites for hydroxylation is 1. The number of hydrogen-bond acceptors (Lipinski definition) is 3. The van der Waals surface area contributed by atoms with Gasteiger partial charge in [-0.3, -0.25) is 9.59 Å². The molecule has 0 spiro atoms. The molecule has 2 heterocycles. The molecule has 2 fully saturated rings. The fourth-order valence-corrected chi connectivity index (χ4v) is 4.44. The fraction of sp³-hybridized carbons (Fsp3) is 0.600. The highest BCUT2D eigenvalue weighted by Crippen LogP contribution is 2.42. The number of hydrogen-bond donors (Lipinski definition) is 0. The molecule has 0 radical (unpaired) electrons. The van der Waals surface area contributed by atoms with Crippen LogP contribution in [0, 0.1) is 18.3 Å². The highest BCUT2D eigenvalue weighted by atomic mass is 16.5. The summed E-state index contributed by atoms with van der Waals surface area (Å²) in [5.41, 5.74) is 2.11. The zero-order valence-corrected chi connectivity index (χ0v) is 15.5. The second-order valence-electron chi connectivity index (χ2n) is 7.66. The molecule has 1 aromatic rings. The number of carbonyl (C=O) groups excluding carboxylic acids is 2. The van der Waals surface area contributed by atoms with Crippen molar-refractivity contribution in [3.05, 3.63) is 35.4 Å². The minimum absolute atomic E-state index is 0.110. The molecule has 0 bridgehead atoms. The number of rotatable bonds is 4. The lowest BCUT2D eigenvalue weighted by Gasteiger charge is -2.43. The van der Waals surface area contributed by atoms with Crippen LogP contribution >= 0.6 is 0 Å². The van der Waals surface area contributed by atoms with Crippen LogP contribution < -0.4 is 0 Å². The van der Waals surface area contributed by atoms with Gasteiger partial charge < -0.3 is 14.5 Å². The van der Waals surface area contributed by atoms with Gasteiger partial charge in [-0.25, -0.2) is 0 Å². The molecule has 0 N–H and O–H groups in total. The molecule has 136 valence electrons. The maximum atomic E-state index is 12.8. The number of likely N-dealkylation sites (tertiary alicyclic amines) is 2. The minimum atomic E-state index is -0.124. The molecule has 0 unspecified atom stereocenters. The zero-order chi connectivity index (χ0) is 18.0. The lowest BCUT2D eigenvalue weighted by atomic mass is 9.74. The summed E-state index contributed by atoms with van der Waals surface area (Å²) >= 11 is 0. The summed E-state index contributed by atoms with van der Waals surface area (Å²) in [6.45, 7) is 7.19. The van der Waals surface area contributed by atoms with E-state index in [1.807, 2.05) is 34.9 Å². The number of carbonyl (C=O) groups is 2. The van der Waals surface area contributed by atoms with E-state index in [9.17, 15) is 9.59 Å². The van der Waals surface area contributed by atoms with E-state index in [2.05, 4.69) is 6.07 Å². The predicted octanol–water partition coefficient (Wildman–Crippen LogP) is 1.88. The van der Waals surface area contributed by atoms with Crippen LogP contribution in [0.4, 0.5) is 0 Å². The van der Waals surface area contributed by atoms with Crippen LogP contribution in [-0.2, 0) is 20.7 Å². The molecule has 2 amide bonds. The number of amides is 2. The summed E-state index contributed by atoms with van der Waals surface area (Å²) in [5.74, 6) is 0.688. The second-order valence-corrected chi connectivity index (χ2v) is 7.66. The highest BCUT2D eigenvalue weighted by molar-refractivity contribution is 5.79. The second kappa shape index (κ2) is 7.16. The summed E-state index contributed by atoms with van der Waals surface area (Å²) in [6, 6.07) is 8.13. The van der Waals surface area contributed by atoms with Gasteiger partial charge in [0.05, 0.1) is 13.0 Å². The first kappa shape index (κ1) is 17.9. The first-order valence-corrected chi connectivity index (χ1v) is 9.01. The van der Waals surface area contributed by atoms with Crippen LogP contribution in [-0.4, -0.2) is 61.5 Å². The van der Waals surface area contributed by atoms with Crippen LogP contribution in [0.5, 0.6) is 0 Å². The fourth-order valence-electron chi connectivity index (χ4n) is 4.44. The average molecular weight is 344 g/mol. The van der Waals surface area contributed by atoms with E-state index in [1.165, 1.54) is 5.56 Å². The van der Waals surface area contributed by atoms with Crippen molar-refractivity contribution in [2.45, 2.75) is 26.7 Å². The van der Waals surface area contributed by atoms with Gasteiger partial charge in [-0.05, 0) is 24.8 Å². The summed E-state index contributed by atoms with van der Waals surface area (Å²) in [6.07, 6.45) is 1.38. The van der Waals surface area contributed by atoms with Crippen molar-refractivity contribution in [1.82, 2.24) is 9.80 Å². The summed E-state index contributed by atoms with van der Waals surface area (Å²) in [7, 11) is 1.70. The normalized spacial score (nSPS) is 25.8. The predicted molar refractivity (Wildman–Crippen MR) is 96.1 cm³/mol. The number of methoxy groups -OCH3 is 1. The van der Waals surface area contributed by atoms with Gasteiger partial charge in [0.1, 0.15) is 0 Å². The Balaban J connectivity index is 1.72. The smallest absolute Gasteiger partial charge is 0.227 e. The molecule has 25 heavy (non-hydrogen) atoms. The minimum Gasteiger partial charge on any atom is -0.384 e. The SMILES string of the molecule is COC[C@@]12CN(C(C)=O)CC[C@@H]1CN(C(=O)Cc1cccc(C)c1)C2. The molecule has 1 aromatic carbocycles. The molecular formula is C20H28N2O3. The van der Waals surface area contributed by atoms with Crippen LogP contribution in [0.25, 0.3) is 0 Å². The van der Waals surface area contributed by atoms with Gasteiger partial charge in [-0.1, -0.05) is 29.8 Å². The van der Waals surface area contributed by atoms with E-state index in [0.29, 0.717) is 32.0 Å². The van der Waals surface area contributed by atoms with Crippen molar-refractivity contribution in [3.63, 3.8) is 0 Å². The van der Waals surface area contributed by atoms with Crippen LogP contribution in [0.2, 0.25) is 0 Å². The first-order valence-electron chi connectivity index (χ1n) is 9.01. The van der Waals surface area contributed by atoms with Crippen molar-refractivity contribution < 1.29 is 14.3 Å². The Labute approximate surface area is 149 Å². The third-order valence-corrected chi connectivity index (χ3v) is 5.73. The molecular weight excluding hydrogens is 316 g/mol. The monoisotopic (exact) mass is 344 g/mol. The average Bonchev–Trinajstić information content (AvgIpc) is 2.93. The van der Waals surface area contributed by atoms with E-state index in [1.54, 1.807) is 14.0 Å². The number of benzene rings is 1. The molecule has 3 rings (SSSR count). The van der Waals surface area contributed by atoms with Crippen LogP contribution in [0.15, 0.2) is 24.3 Å². The summed E-state index contributed by atoms with van der Waals surface area (Å²) < 4.78 is 5.50. The van der Waals surface area contributed by atoms with E-state index in [-0.39, 0.29) is 17.2 Å². The van der Waals surface area contributed by atoms with Crippen molar-refractivity contribution in [2.75, 3.05) is 39.9 Å². The number of ether oxygens (including phenoxy) is 1. The van der Waals surface area contributed by atoms with Crippen LogP contribution in [0.3, 0.4) is 0 Å². The molecule has 2 saturated heterocycles. The van der Waals surface area contributed by atoms with Gasteiger partial charge in [-0.2, -0.15) is 0 Å². The molecule has 0 aliphatic carbocycles. The molecule has 5 heteroatoms. The Bertz CT molecular complexity index is 660. The molecule has 0 saturated carbocycles. The molecule has 5 nitrogen and oxygen atoms in total. The van der Waals surface area contributed by atoms with Gasteiger partial charge in [0.2, 0.25) is 11.8 Å². The Morgan fingerprint density at radius 1 is 1.28 bits per heavy atom. The lowest BCUT2D eigenvalue weighted by molar-refractivity contribution is -0.134. The van der Waals surface area contributed by atoms with E-state index in [4.69, 9.17) is 4.74 Å². The standard InChI is InChI=1S/C20H28N2O3/c1-15-5-4-6-17(9-15)10-19(24)22-11-18-7-8-21(16(2)23)12-20(18,13-22)14-25-3/h4-6,9,18H,7-8,10-14H2,1-3H3/t18-,20+/m1/s1. The summed E-state index contributed by atoms with van der Waals surface area (Å²) in [4.78, 5) is 28.6. The largest absolute Gasteiger partial charge is 0.384 e. The molecule has 2 aliphatic heterocycles. The highest BCUT2D eigenvalue weighted by Gasteiger charge is 2.51. The van der Waals surface area contributed by atoms with E-state index < -0.39 is 0 Å². The molecule has 0 aromatic heterocycles. The van der Waals surface area contributed by atoms with E-state index >= 15 is 0 Å². The Morgan fingerprint density at radius 3 is 2.72 bits per heavy atom. The van der Waals surface area contributed by atoms with Crippen molar-refractivity contribution >= 4 is 11.8 Å². The zero-order valence-electron chi connectivity index (χ0n) is 15.5. The van der Waals surface area contributed by atoms with Crippen molar-refractivity contribution in [3.8, 4) is 0 Å². The lowest BCUT2D eigenvalue weighted by Crippen LogP contribution is -2.52. The van der Waals surface area contributed by atoms with Gasteiger partial charge in [0, 0.05) is 45.6 Å². The quantitative estimate of drug-likeness (QED) is 0.838. The van der Waals surface area contributed by atoms with Gasteiger partial charge in [0.25, 0.3) is 0 Å². The number of fused-ring (bicyclic) bond motifs is 1. The topological polar surface area (TPSA) is 49.9 Å². The maximum absolute atomic E-state index is 12.8. The Morgan fingerprint density at radius 2 is 2.04 bits per heavy atom. The Hall–Kier alpha value is -1.88. The van der Waals surface area contributed by atoms with E-state index in [0.717, 1.165) is 25.1 Å².